The molecule has 0 spiro atoms. The zero-order valence-electron chi connectivity index (χ0n) is 51.9. The highest BCUT2D eigenvalue weighted by Gasteiger charge is 2.47. The Morgan fingerprint density at radius 2 is 0.901 bits per heavy atom. The Morgan fingerprint density at radius 1 is 0.494 bits per heavy atom. The van der Waals surface area contributed by atoms with Crippen LogP contribution in [0.5, 0.6) is 0 Å². The van der Waals surface area contributed by atoms with Crippen LogP contribution >= 0.6 is 0 Å². The number of aliphatic hydroxyl groups is 5. The molecular weight excluding hydrogens is 1010 g/mol. The molecular formula is C70H123NO10. The van der Waals surface area contributed by atoms with E-state index in [9.17, 15) is 35.1 Å². The SMILES string of the molecule is CC/C=C/C=C/C=C\C=C/C=C/CCCC(=O)OC1C(OCC(NC(=O)C(O)CCCCCCCCCCCCCCCCCC/C=C/CCCCCCCC)C(O)/C=C/CCCCCCCCCCCCC)OC(CO)C(O)C1O. The van der Waals surface area contributed by atoms with E-state index < -0.39 is 67.4 Å². The van der Waals surface area contributed by atoms with Gasteiger partial charge in [0, 0.05) is 6.42 Å². The molecule has 0 aliphatic carbocycles. The molecule has 0 aromatic heterocycles. The van der Waals surface area contributed by atoms with Gasteiger partial charge >= 0.3 is 5.97 Å². The molecule has 1 saturated heterocycles. The van der Waals surface area contributed by atoms with E-state index >= 15 is 0 Å². The number of nitrogens with one attached hydrogen (secondary N) is 1. The predicted octanol–water partition coefficient (Wildman–Crippen LogP) is 16.5. The highest BCUT2D eigenvalue weighted by Crippen LogP contribution is 2.26. The number of hydrogen-bond donors (Lipinski definition) is 6. The molecule has 0 saturated carbocycles. The second-order valence-electron chi connectivity index (χ2n) is 22.9. The molecule has 1 heterocycles. The van der Waals surface area contributed by atoms with Gasteiger partial charge in [0.15, 0.2) is 12.4 Å². The molecule has 1 amide bonds. The topological polar surface area (TPSA) is 175 Å². The fourth-order valence-electron chi connectivity index (χ4n) is 10.1. The molecule has 1 aliphatic heterocycles. The number of rotatable bonds is 56. The highest BCUT2D eigenvalue weighted by atomic mass is 16.7. The van der Waals surface area contributed by atoms with Crippen LogP contribution in [0, 0.1) is 0 Å². The molecule has 468 valence electrons. The highest BCUT2D eigenvalue weighted by molar-refractivity contribution is 5.80. The van der Waals surface area contributed by atoms with Crippen LogP contribution in [0.4, 0.5) is 0 Å². The number of ether oxygens (including phenoxy) is 3. The number of aliphatic hydroxyl groups excluding tert-OH is 5. The van der Waals surface area contributed by atoms with Gasteiger partial charge in [0.25, 0.3) is 0 Å². The molecule has 11 nitrogen and oxygen atoms in total. The summed E-state index contributed by atoms with van der Waals surface area (Å²) in [6, 6.07) is -1.04. The molecule has 0 radical (unpaired) electrons. The number of hydrogen-bond acceptors (Lipinski definition) is 10. The van der Waals surface area contributed by atoms with Crippen LogP contribution in [0.3, 0.4) is 0 Å². The fourth-order valence-corrected chi connectivity index (χ4v) is 10.1. The van der Waals surface area contributed by atoms with Gasteiger partial charge in [-0.1, -0.05) is 298 Å². The minimum absolute atomic E-state index is 0.0251. The minimum Gasteiger partial charge on any atom is -0.454 e. The number of esters is 1. The Hall–Kier alpha value is -3.16. The van der Waals surface area contributed by atoms with Crippen LogP contribution in [-0.4, -0.2) is 99.6 Å². The third kappa shape index (κ3) is 45.0. The number of carbonyl (C=O) groups excluding carboxylic acids is 2. The lowest BCUT2D eigenvalue weighted by molar-refractivity contribution is -0.305. The molecule has 8 atom stereocenters. The van der Waals surface area contributed by atoms with E-state index in [1.54, 1.807) is 6.08 Å². The summed E-state index contributed by atoms with van der Waals surface area (Å²) in [5.74, 6) is -1.27. The second kappa shape index (κ2) is 57.3. The Bertz CT molecular complexity index is 1640. The van der Waals surface area contributed by atoms with Gasteiger partial charge in [-0.25, -0.2) is 0 Å². The van der Waals surface area contributed by atoms with E-state index in [-0.39, 0.29) is 19.4 Å². The normalized spacial score (nSPS) is 19.2. The Kier molecular flexibility index (Phi) is 53.6. The van der Waals surface area contributed by atoms with Crippen molar-refractivity contribution in [3.8, 4) is 0 Å². The van der Waals surface area contributed by atoms with Gasteiger partial charge in [0.2, 0.25) is 5.91 Å². The third-order valence-corrected chi connectivity index (χ3v) is 15.4. The van der Waals surface area contributed by atoms with Crippen LogP contribution in [0.2, 0.25) is 0 Å². The van der Waals surface area contributed by atoms with E-state index in [2.05, 4.69) is 44.3 Å². The number of allylic oxidation sites excluding steroid dienone is 13. The number of unbranched alkanes of at least 4 members (excludes halogenated alkanes) is 34. The first kappa shape index (κ1) is 75.9. The predicted molar refractivity (Wildman–Crippen MR) is 338 cm³/mol. The van der Waals surface area contributed by atoms with Gasteiger partial charge in [-0.3, -0.25) is 9.59 Å². The molecule has 1 fully saturated rings. The average molecular weight is 1140 g/mol. The summed E-state index contributed by atoms with van der Waals surface area (Å²) < 4.78 is 17.5. The van der Waals surface area contributed by atoms with E-state index in [0.717, 1.165) is 44.9 Å². The Balaban J connectivity index is 2.60. The summed E-state index contributed by atoms with van der Waals surface area (Å²) in [4.78, 5) is 26.5. The standard InChI is InChI=1S/C70H123NO10/c1-4-7-10-13-16-19-22-25-26-27-28-29-30-31-32-33-34-35-36-37-40-42-45-48-51-54-57-63(74)69(78)71-61(62(73)56-53-50-47-44-41-38-23-20-17-14-11-8-5-2)60-79-70-68(67(77)66(76)64(59-72)80-70)81-65(75)58-55-52-49-46-43-39-24-21-18-15-12-9-6-3/h9,12,15,18,21,24-26,39,43,46,49,53,56,61-64,66-68,70,72-74,76-77H,4-8,10-11,13-14,16-17,19-20,22-23,27-38,40-42,44-45,47-48,50-52,54-55,57-60H2,1-3H3,(H,71,78)/b12-9+,18-15+,24-21-,26-25+,43-39-,49-46+,56-53+. The van der Waals surface area contributed by atoms with Crippen LogP contribution in [-0.2, 0) is 23.8 Å². The van der Waals surface area contributed by atoms with Gasteiger partial charge in [-0.2, -0.15) is 0 Å². The molecule has 1 aliphatic rings. The first-order valence-electron chi connectivity index (χ1n) is 33.4. The first-order chi connectivity index (χ1) is 39.7. The first-order valence-corrected chi connectivity index (χ1v) is 33.4. The monoisotopic (exact) mass is 1140 g/mol. The third-order valence-electron chi connectivity index (χ3n) is 15.4. The van der Waals surface area contributed by atoms with Crippen molar-refractivity contribution in [2.75, 3.05) is 13.2 Å². The average Bonchev–Trinajstić information content (AvgIpc) is 3.50. The molecule has 8 unspecified atom stereocenters. The van der Waals surface area contributed by atoms with Crippen LogP contribution < -0.4 is 5.32 Å². The zero-order chi connectivity index (χ0) is 58.9. The number of carbonyl (C=O) groups is 2. The van der Waals surface area contributed by atoms with Gasteiger partial charge < -0.3 is 45.1 Å². The van der Waals surface area contributed by atoms with Crippen LogP contribution in [0.15, 0.2) is 85.1 Å². The molecule has 0 aromatic carbocycles. The minimum atomic E-state index is -1.65. The van der Waals surface area contributed by atoms with Crippen molar-refractivity contribution in [3.63, 3.8) is 0 Å². The second-order valence-corrected chi connectivity index (χ2v) is 22.9. The molecule has 6 N–H and O–H groups in total. The quantitative estimate of drug-likeness (QED) is 0.0149. The van der Waals surface area contributed by atoms with Crippen molar-refractivity contribution >= 4 is 11.9 Å². The van der Waals surface area contributed by atoms with Gasteiger partial charge in [0.1, 0.15) is 24.4 Å². The zero-order valence-corrected chi connectivity index (χ0v) is 51.9. The maximum absolute atomic E-state index is 13.5. The summed E-state index contributed by atoms with van der Waals surface area (Å²) in [7, 11) is 0. The molecule has 0 bridgehead atoms. The Labute approximate surface area is 495 Å². The fraction of sp³-hybridized carbons (Fsp3) is 0.771. The van der Waals surface area contributed by atoms with Crippen LogP contribution in [0.1, 0.15) is 284 Å². The van der Waals surface area contributed by atoms with Crippen molar-refractivity contribution in [1.82, 2.24) is 5.32 Å². The van der Waals surface area contributed by atoms with Gasteiger partial charge in [-0.05, 0) is 64.2 Å². The maximum Gasteiger partial charge on any atom is 0.306 e. The lowest BCUT2D eigenvalue weighted by atomic mass is 9.99. The summed E-state index contributed by atoms with van der Waals surface area (Å²) in [6.45, 7) is 5.62. The van der Waals surface area contributed by atoms with Crippen molar-refractivity contribution in [2.45, 2.75) is 333 Å². The van der Waals surface area contributed by atoms with Crippen molar-refractivity contribution < 1.29 is 49.3 Å². The number of amides is 1. The molecule has 0 aromatic rings. The van der Waals surface area contributed by atoms with Crippen molar-refractivity contribution in [2.24, 2.45) is 0 Å². The van der Waals surface area contributed by atoms with Crippen molar-refractivity contribution in [1.29, 1.82) is 0 Å². The van der Waals surface area contributed by atoms with E-state index in [4.69, 9.17) is 14.2 Å². The lowest BCUT2D eigenvalue weighted by Crippen LogP contribution is -2.61. The smallest absolute Gasteiger partial charge is 0.306 e. The largest absolute Gasteiger partial charge is 0.454 e. The summed E-state index contributed by atoms with van der Waals surface area (Å²) in [5, 5.41) is 57.0. The molecule has 81 heavy (non-hydrogen) atoms. The van der Waals surface area contributed by atoms with E-state index in [0.29, 0.717) is 19.3 Å². The van der Waals surface area contributed by atoms with Crippen molar-refractivity contribution in [3.05, 3.63) is 85.1 Å². The van der Waals surface area contributed by atoms with Gasteiger partial charge in [0.05, 0.1) is 25.4 Å². The molecule has 11 heteroatoms. The van der Waals surface area contributed by atoms with E-state index in [1.165, 1.54) is 186 Å². The van der Waals surface area contributed by atoms with Crippen LogP contribution in [0.25, 0.3) is 0 Å². The summed E-state index contributed by atoms with van der Waals surface area (Å²) in [5.41, 5.74) is 0. The summed E-state index contributed by atoms with van der Waals surface area (Å²) in [6.07, 6.45) is 65.1. The van der Waals surface area contributed by atoms with E-state index in [1.807, 2.05) is 60.8 Å². The maximum atomic E-state index is 13.5. The van der Waals surface area contributed by atoms with Gasteiger partial charge in [-0.15, -0.1) is 0 Å². The Morgan fingerprint density at radius 3 is 1.36 bits per heavy atom. The summed E-state index contributed by atoms with van der Waals surface area (Å²) >= 11 is 0. The molecule has 1 rings (SSSR count). The lowest BCUT2D eigenvalue weighted by Gasteiger charge is -2.41.